The highest BCUT2D eigenvalue weighted by molar-refractivity contribution is 7.00. The van der Waals surface area contributed by atoms with Crippen LogP contribution in [0.15, 0.2) is 24.3 Å². The minimum atomic E-state index is 0.256. The fraction of sp³-hybridized carbons (Fsp3) is 0.375. The SMILES string of the molecule is Nc1nc(N2CCCC3[C@H]2CN3c2ccc(Cl)cc2)c2nsnc2n1. The molecule has 2 aromatic heterocycles. The third-order valence-electron chi connectivity index (χ3n) is 5.08. The molecule has 4 heterocycles. The van der Waals surface area contributed by atoms with Gasteiger partial charge in [0.05, 0.1) is 23.8 Å². The van der Waals surface area contributed by atoms with Crippen LogP contribution in [0.25, 0.3) is 11.2 Å². The number of hydrogen-bond donors (Lipinski definition) is 1. The lowest BCUT2D eigenvalue weighted by atomic mass is 9.86. The van der Waals surface area contributed by atoms with E-state index in [0.29, 0.717) is 17.7 Å². The minimum absolute atomic E-state index is 0.256. The summed E-state index contributed by atoms with van der Waals surface area (Å²) in [6.07, 6.45) is 2.27. The van der Waals surface area contributed by atoms with Crippen molar-refractivity contribution < 1.29 is 0 Å². The van der Waals surface area contributed by atoms with Crippen molar-refractivity contribution in [3.8, 4) is 0 Å². The first-order valence-corrected chi connectivity index (χ1v) is 9.36. The van der Waals surface area contributed by atoms with E-state index in [0.717, 1.165) is 47.6 Å². The molecule has 2 N–H and O–H groups in total. The molecule has 0 spiro atoms. The Labute approximate surface area is 153 Å². The summed E-state index contributed by atoms with van der Waals surface area (Å²) in [5.41, 5.74) is 8.44. The van der Waals surface area contributed by atoms with Crippen LogP contribution in [0.5, 0.6) is 0 Å². The van der Waals surface area contributed by atoms with Gasteiger partial charge in [-0.3, -0.25) is 0 Å². The Bertz CT molecular complexity index is 928. The predicted octanol–water partition coefficient (Wildman–Crippen LogP) is 2.57. The number of anilines is 3. The third-order valence-corrected chi connectivity index (χ3v) is 5.85. The number of nitrogens with zero attached hydrogens (tertiary/aromatic N) is 6. The summed E-state index contributed by atoms with van der Waals surface area (Å²) in [6.45, 7) is 1.91. The predicted molar refractivity (Wildman–Crippen MR) is 100 cm³/mol. The van der Waals surface area contributed by atoms with Crippen molar-refractivity contribution >= 4 is 51.9 Å². The van der Waals surface area contributed by atoms with E-state index in [-0.39, 0.29) is 5.95 Å². The number of nitrogen functional groups attached to an aromatic ring is 1. The second kappa shape index (κ2) is 5.67. The Balaban J connectivity index is 1.46. The van der Waals surface area contributed by atoms with E-state index in [1.165, 1.54) is 12.1 Å². The number of piperidine rings is 1. The van der Waals surface area contributed by atoms with E-state index >= 15 is 0 Å². The lowest BCUT2D eigenvalue weighted by molar-refractivity contribution is 0.296. The average molecular weight is 374 g/mol. The quantitative estimate of drug-likeness (QED) is 0.738. The van der Waals surface area contributed by atoms with Gasteiger partial charge in [0, 0.05) is 23.8 Å². The Morgan fingerprint density at radius 3 is 2.76 bits per heavy atom. The van der Waals surface area contributed by atoms with Gasteiger partial charge in [-0.25, -0.2) is 0 Å². The maximum absolute atomic E-state index is 6.01. The fourth-order valence-corrected chi connectivity index (χ4v) is 4.52. The monoisotopic (exact) mass is 373 g/mol. The van der Waals surface area contributed by atoms with Crippen LogP contribution in [0.3, 0.4) is 0 Å². The summed E-state index contributed by atoms with van der Waals surface area (Å²) in [6, 6.07) is 8.93. The molecule has 2 saturated heterocycles. The summed E-state index contributed by atoms with van der Waals surface area (Å²) in [5.74, 6) is 1.08. The van der Waals surface area contributed by atoms with Crippen molar-refractivity contribution in [3.05, 3.63) is 29.3 Å². The van der Waals surface area contributed by atoms with Gasteiger partial charge >= 0.3 is 0 Å². The smallest absolute Gasteiger partial charge is 0.224 e. The molecule has 9 heteroatoms. The average Bonchev–Trinajstić information content (AvgIpc) is 3.05. The standard InChI is InChI=1S/C16H16ClN7S/c17-9-3-5-10(6-4-9)24-8-12-11(24)2-1-7-23(12)15-13-14(22-25-21-13)19-16(18)20-15/h3-6,11-12H,1-2,7-8H2,(H2,18,19,22)/t11?,12-/m1/s1. The molecule has 0 bridgehead atoms. The molecule has 0 aliphatic carbocycles. The van der Waals surface area contributed by atoms with Gasteiger partial charge in [0.1, 0.15) is 0 Å². The summed E-state index contributed by atoms with van der Waals surface area (Å²) >= 11 is 7.16. The van der Waals surface area contributed by atoms with E-state index in [1.54, 1.807) is 0 Å². The highest BCUT2D eigenvalue weighted by Crippen LogP contribution is 2.39. The molecule has 128 valence electrons. The topological polar surface area (TPSA) is 84.1 Å². The Morgan fingerprint density at radius 2 is 1.92 bits per heavy atom. The van der Waals surface area contributed by atoms with Crippen LogP contribution in [0.1, 0.15) is 12.8 Å². The van der Waals surface area contributed by atoms with Gasteiger partial charge in [-0.1, -0.05) is 11.6 Å². The van der Waals surface area contributed by atoms with Gasteiger partial charge < -0.3 is 15.5 Å². The first-order chi connectivity index (χ1) is 12.2. The second-order valence-corrected chi connectivity index (χ2v) is 7.41. The number of aromatic nitrogens is 4. The van der Waals surface area contributed by atoms with Crippen molar-refractivity contribution in [1.82, 2.24) is 18.7 Å². The molecule has 2 fully saturated rings. The molecule has 0 saturated carbocycles. The summed E-state index contributed by atoms with van der Waals surface area (Å²) in [5, 5.41) is 0.765. The lowest BCUT2D eigenvalue weighted by Crippen LogP contribution is -2.69. The van der Waals surface area contributed by atoms with Crippen LogP contribution in [0, 0.1) is 0 Å². The highest BCUT2D eigenvalue weighted by atomic mass is 35.5. The zero-order chi connectivity index (χ0) is 17.0. The molecular formula is C16H16ClN7S. The zero-order valence-corrected chi connectivity index (χ0v) is 14.9. The Morgan fingerprint density at radius 1 is 1.08 bits per heavy atom. The van der Waals surface area contributed by atoms with Crippen molar-refractivity contribution in [2.24, 2.45) is 0 Å². The number of rotatable bonds is 2. The van der Waals surface area contributed by atoms with Gasteiger partial charge in [0.2, 0.25) is 11.6 Å². The first kappa shape index (κ1) is 15.1. The Kier molecular flexibility index (Phi) is 3.42. The van der Waals surface area contributed by atoms with Gasteiger partial charge in [-0.15, -0.1) is 0 Å². The maximum Gasteiger partial charge on any atom is 0.224 e. The van der Waals surface area contributed by atoms with Crippen molar-refractivity contribution in [1.29, 1.82) is 0 Å². The molecule has 2 aliphatic rings. The summed E-state index contributed by atoms with van der Waals surface area (Å²) in [4.78, 5) is 13.4. The van der Waals surface area contributed by atoms with Crippen LogP contribution >= 0.6 is 23.3 Å². The van der Waals surface area contributed by atoms with E-state index in [1.807, 2.05) is 12.1 Å². The van der Waals surface area contributed by atoms with Gasteiger partial charge in [0.15, 0.2) is 11.3 Å². The third kappa shape index (κ3) is 2.39. The van der Waals surface area contributed by atoms with Crippen LogP contribution in [-0.2, 0) is 0 Å². The van der Waals surface area contributed by atoms with Crippen LogP contribution in [-0.4, -0.2) is 43.9 Å². The van der Waals surface area contributed by atoms with E-state index in [2.05, 4.69) is 40.6 Å². The molecular weight excluding hydrogens is 358 g/mol. The summed E-state index contributed by atoms with van der Waals surface area (Å²) in [7, 11) is 0. The molecule has 2 aliphatic heterocycles. The largest absolute Gasteiger partial charge is 0.368 e. The van der Waals surface area contributed by atoms with Gasteiger partial charge in [0.25, 0.3) is 0 Å². The van der Waals surface area contributed by atoms with Crippen LogP contribution in [0.2, 0.25) is 5.02 Å². The fourth-order valence-electron chi connectivity index (χ4n) is 3.91. The first-order valence-electron chi connectivity index (χ1n) is 8.25. The van der Waals surface area contributed by atoms with E-state index in [9.17, 15) is 0 Å². The molecule has 2 atom stereocenters. The molecule has 0 amide bonds. The second-order valence-electron chi connectivity index (χ2n) is 6.44. The molecule has 7 nitrogen and oxygen atoms in total. The number of benzene rings is 1. The highest BCUT2D eigenvalue weighted by Gasteiger charge is 2.45. The van der Waals surface area contributed by atoms with Crippen molar-refractivity contribution in [2.75, 3.05) is 28.6 Å². The van der Waals surface area contributed by atoms with E-state index in [4.69, 9.17) is 17.3 Å². The Hall–Kier alpha value is -2.19. The lowest BCUT2D eigenvalue weighted by Gasteiger charge is -2.57. The van der Waals surface area contributed by atoms with Crippen molar-refractivity contribution in [2.45, 2.75) is 24.9 Å². The molecule has 3 aromatic rings. The molecule has 1 aromatic carbocycles. The zero-order valence-electron chi connectivity index (χ0n) is 13.3. The van der Waals surface area contributed by atoms with Gasteiger partial charge in [-0.2, -0.15) is 18.7 Å². The summed E-state index contributed by atoms with van der Waals surface area (Å²) < 4.78 is 8.60. The molecule has 5 rings (SSSR count). The van der Waals surface area contributed by atoms with Gasteiger partial charge in [-0.05, 0) is 37.1 Å². The van der Waals surface area contributed by atoms with E-state index < -0.39 is 0 Å². The van der Waals surface area contributed by atoms with Crippen LogP contribution in [0.4, 0.5) is 17.5 Å². The molecule has 0 radical (unpaired) electrons. The number of fused-ring (bicyclic) bond motifs is 2. The number of halogens is 1. The molecule has 1 unspecified atom stereocenters. The van der Waals surface area contributed by atoms with Crippen molar-refractivity contribution in [3.63, 3.8) is 0 Å². The normalized spacial score (nSPS) is 22.8. The molecule has 25 heavy (non-hydrogen) atoms. The maximum atomic E-state index is 6.01. The number of hydrogen-bond acceptors (Lipinski definition) is 8. The number of nitrogens with two attached hydrogens (primary N) is 1. The minimum Gasteiger partial charge on any atom is -0.368 e. The van der Waals surface area contributed by atoms with Crippen LogP contribution < -0.4 is 15.5 Å².